The third-order valence-electron chi connectivity index (χ3n) is 3.22. The summed E-state index contributed by atoms with van der Waals surface area (Å²) in [6.07, 6.45) is 1.75. The van der Waals surface area contributed by atoms with Crippen LogP contribution in [-0.4, -0.2) is 23.3 Å². The molecular formula is C18H23N3O2S. The minimum absolute atomic E-state index is 0.528. The molecule has 0 fully saturated rings. The topological polar surface area (TPSA) is 55.4 Å². The molecule has 0 unspecified atom stereocenters. The third kappa shape index (κ3) is 5.38. The second-order valence-corrected chi connectivity index (χ2v) is 5.58. The number of hydrogen-bond acceptors (Lipinski definition) is 4. The zero-order chi connectivity index (χ0) is 17.4. The van der Waals surface area contributed by atoms with Crippen molar-refractivity contribution in [2.75, 3.05) is 18.5 Å². The Bertz CT molecular complexity index is 692. The minimum Gasteiger partial charge on any atom is -0.490 e. The normalized spacial score (nSPS) is 10.1. The standard InChI is InChI=1S/C18H23N3O2S/c1-4-22-15-7-6-14(11-16(15)23-5-2)12-20-18(24)21-17-10-13(3)8-9-19-17/h6-11H,4-5,12H2,1-3H3,(H2,19,20,21,24). The first-order valence-electron chi connectivity index (χ1n) is 7.98. The van der Waals surface area contributed by atoms with Crippen molar-refractivity contribution in [2.24, 2.45) is 0 Å². The number of anilines is 1. The fraction of sp³-hybridized carbons (Fsp3) is 0.333. The monoisotopic (exact) mass is 345 g/mol. The second-order valence-electron chi connectivity index (χ2n) is 5.17. The number of nitrogens with one attached hydrogen (secondary N) is 2. The lowest BCUT2D eigenvalue weighted by atomic mass is 10.2. The van der Waals surface area contributed by atoms with Crippen LogP contribution in [0.5, 0.6) is 11.5 Å². The Morgan fingerprint density at radius 2 is 1.83 bits per heavy atom. The van der Waals surface area contributed by atoms with Crippen molar-refractivity contribution in [3.63, 3.8) is 0 Å². The summed E-state index contributed by atoms with van der Waals surface area (Å²) in [6, 6.07) is 9.77. The molecular weight excluding hydrogens is 322 g/mol. The van der Waals surface area contributed by atoms with Crippen molar-refractivity contribution in [1.29, 1.82) is 0 Å². The van der Waals surface area contributed by atoms with E-state index in [9.17, 15) is 0 Å². The van der Waals surface area contributed by atoms with Crippen LogP contribution < -0.4 is 20.1 Å². The zero-order valence-corrected chi connectivity index (χ0v) is 15.1. The molecule has 0 atom stereocenters. The Morgan fingerprint density at radius 1 is 1.08 bits per heavy atom. The average molecular weight is 345 g/mol. The number of hydrogen-bond donors (Lipinski definition) is 2. The van der Waals surface area contributed by atoms with E-state index in [0.717, 1.165) is 28.4 Å². The van der Waals surface area contributed by atoms with E-state index in [1.165, 1.54) is 0 Å². The van der Waals surface area contributed by atoms with Gasteiger partial charge in [0.2, 0.25) is 0 Å². The van der Waals surface area contributed by atoms with Crippen LogP contribution in [-0.2, 0) is 6.54 Å². The van der Waals surface area contributed by atoms with Gasteiger partial charge < -0.3 is 20.1 Å². The molecule has 0 radical (unpaired) electrons. The zero-order valence-electron chi connectivity index (χ0n) is 14.3. The van der Waals surface area contributed by atoms with Gasteiger partial charge in [-0.2, -0.15) is 0 Å². The predicted octanol–water partition coefficient (Wildman–Crippen LogP) is 3.67. The van der Waals surface area contributed by atoms with E-state index in [2.05, 4.69) is 15.6 Å². The van der Waals surface area contributed by atoms with Crippen LogP contribution >= 0.6 is 12.2 Å². The van der Waals surface area contributed by atoms with Crippen LogP contribution in [0.4, 0.5) is 5.82 Å². The van der Waals surface area contributed by atoms with Crippen molar-refractivity contribution in [3.8, 4) is 11.5 Å². The van der Waals surface area contributed by atoms with Gasteiger partial charge in [0.1, 0.15) is 5.82 Å². The Labute approximate surface area is 148 Å². The Morgan fingerprint density at radius 3 is 2.54 bits per heavy atom. The van der Waals surface area contributed by atoms with Gasteiger partial charge in [-0.05, 0) is 68.4 Å². The molecule has 2 aromatic rings. The Balaban J connectivity index is 1.95. The molecule has 0 amide bonds. The van der Waals surface area contributed by atoms with Crippen molar-refractivity contribution >= 4 is 23.1 Å². The summed E-state index contributed by atoms with van der Waals surface area (Å²) in [4.78, 5) is 4.23. The van der Waals surface area contributed by atoms with Gasteiger partial charge >= 0.3 is 0 Å². The number of ether oxygens (including phenoxy) is 2. The molecule has 6 heteroatoms. The van der Waals surface area contributed by atoms with Gasteiger partial charge in [-0.3, -0.25) is 0 Å². The summed E-state index contributed by atoms with van der Waals surface area (Å²) < 4.78 is 11.2. The van der Waals surface area contributed by atoms with Crippen LogP contribution in [0.15, 0.2) is 36.5 Å². The number of aromatic nitrogens is 1. The highest BCUT2D eigenvalue weighted by molar-refractivity contribution is 7.80. The van der Waals surface area contributed by atoms with Crippen LogP contribution in [0.25, 0.3) is 0 Å². The molecule has 0 aliphatic carbocycles. The van der Waals surface area contributed by atoms with Gasteiger partial charge in [0.15, 0.2) is 16.6 Å². The lowest BCUT2D eigenvalue weighted by molar-refractivity contribution is 0.287. The van der Waals surface area contributed by atoms with Gasteiger partial charge in [-0.25, -0.2) is 4.98 Å². The molecule has 0 bridgehead atoms. The number of aryl methyl sites for hydroxylation is 1. The van der Waals surface area contributed by atoms with Gasteiger partial charge in [0.05, 0.1) is 13.2 Å². The summed E-state index contributed by atoms with van der Waals surface area (Å²) in [5.41, 5.74) is 2.19. The van der Waals surface area contributed by atoms with E-state index in [4.69, 9.17) is 21.7 Å². The van der Waals surface area contributed by atoms with Crippen molar-refractivity contribution in [1.82, 2.24) is 10.3 Å². The maximum absolute atomic E-state index is 5.63. The number of thiocarbonyl (C=S) groups is 1. The molecule has 128 valence electrons. The molecule has 24 heavy (non-hydrogen) atoms. The first kappa shape index (κ1) is 18.0. The molecule has 0 aliphatic rings. The first-order chi connectivity index (χ1) is 11.6. The van der Waals surface area contributed by atoms with Crippen molar-refractivity contribution < 1.29 is 9.47 Å². The van der Waals surface area contributed by atoms with E-state index in [1.54, 1.807) is 6.20 Å². The van der Waals surface area contributed by atoms with Gasteiger partial charge in [0.25, 0.3) is 0 Å². The number of rotatable bonds is 7. The number of pyridine rings is 1. The van der Waals surface area contributed by atoms with E-state index < -0.39 is 0 Å². The Hall–Kier alpha value is -2.34. The van der Waals surface area contributed by atoms with Gasteiger partial charge in [-0.15, -0.1) is 0 Å². The summed E-state index contributed by atoms with van der Waals surface area (Å²) in [7, 11) is 0. The summed E-state index contributed by atoms with van der Waals surface area (Å²) in [5, 5.41) is 6.78. The first-order valence-corrected chi connectivity index (χ1v) is 8.39. The largest absolute Gasteiger partial charge is 0.490 e. The van der Waals surface area contributed by atoms with Crippen molar-refractivity contribution in [3.05, 3.63) is 47.7 Å². The highest BCUT2D eigenvalue weighted by Crippen LogP contribution is 2.28. The second kappa shape index (κ2) is 9.08. The number of benzene rings is 1. The van der Waals surface area contributed by atoms with Gasteiger partial charge in [0, 0.05) is 12.7 Å². The molecule has 1 heterocycles. The summed E-state index contributed by atoms with van der Waals surface area (Å²) in [6.45, 7) is 7.71. The molecule has 2 N–H and O–H groups in total. The van der Waals surface area contributed by atoms with E-state index in [0.29, 0.717) is 24.9 Å². The smallest absolute Gasteiger partial charge is 0.172 e. The highest BCUT2D eigenvalue weighted by Gasteiger charge is 2.07. The predicted molar refractivity (Wildman–Crippen MR) is 101 cm³/mol. The van der Waals surface area contributed by atoms with Gasteiger partial charge in [-0.1, -0.05) is 6.07 Å². The lowest BCUT2D eigenvalue weighted by Gasteiger charge is -2.14. The van der Waals surface area contributed by atoms with Crippen LogP contribution in [0, 0.1) is 6.92 Å². The quantitative estimate of drug-likeness (QED) is 0.747. The average Bonchev–Trinajstić information content (AvgIpc) is 2.55. The van der Waals surface area contributed by atoms with Crippen LogP contribution in [0.2, 0.25) is 0 Å². The number of nitrogens with zero attached hydrogens (tertiary/aromatic N) is 1. The van der Waals surface area contributed by atoms with E-state index in [1.807, 2.05) is 51.1 Å². The molecule has 2 rings (SSSR count). The maximum atomic E-state index is 5.63. The maximum Gasteiger partial charge on any atom is 0.172 e. The molecule has 1 aromatic heterocycles. The van der Waals surface area contributed by atoms with E-state index >= 15 is 0 Å². The fourth-order valence-corrected chi connectivity index (χ4v) is 2.33. The van der Waals surface area contributed by atoms with Crippen LogP contribution in [0.1, 0.15) is 25.0 Å². The molecule has 1 aromatic carbocycles. The molecule has 5 nitrogen and oxygen atoms in total. The molecule has 0 saturated heterocycles. The molecule has 0 spiro atoms. The third-order valence-corrected chi connectivity index (χ3v) is 3.46. The summed E-state index contributed by atoms with van der Waals surface area (Å²) in [5.74, 6) is 2.24. The van der Waals surface area contributed by atoms with Crippen molar-refractivity contribution in [2.45, 2.75) is 27.3 Å². The lowest BCUT2D eigenvalue weighted by Crippen LogP contribution is -2.28. The minimum atomic E-state index is 0.528. The molecule has 0 aliphatic heterocycles. The van der Waals surface area contributed by atoms with E-state index in [-0.39, 0.29) is 0 Å². The fourth-order valence-electron chi connectivity index (χ4n) is 2.15. The Kier molecular flexibility index (Phi) is 6.81. The SMILES string of the molecule is CCOc1ccc(CNC(=S)Nc2cc(C)ccn2)cc1OCC. The van der Waals surface area contributed by atoms with Crippen LogP contribution in [0.3, 0.4) is 0 Å². The molecule has 0 saturated carbocycles. The summed E-state index contributed by atoms with van der Waals surface area (Å²) >= 11 is 5.31. The highest BCUT2D eigenvalue weighted by atomic mass is 32.1.